The maximum Gasteiger partial charge on any atom is 0.234 e. The van der Waals surface area contributed by atoms with Crippen LogP contribution in [-0.4, -0.2) is 27.1 Å². The van der Waals surface area contributed by atoms with E-state index in [0.717, 1.165) is 11.5 Å². The Bertz CT molecular complexity index is 504. The number of aromatic nitrogens is 2. The molecule has 1 aromatic rings. The summed E-state index contributed by atoms with van der Waals surface area (Å²) < 4.78 is 3.94. The minimum Gasteiger partial charge on any atom is -0.300 e. The summed E-state index contributed by atoms with van der Waals surface area (Å²) in [6.45, 7) is 6.60. The summed E-state index contributed by atoms with van der Waals surface area (Å²) in [5.74, 6) is -0.808. The fourth-order valence-electron chi connectivity index (χ4n) is 1.05. The van der Waals surface area contributed by atoms with E-state index in [1.54, 1.807) is 20.8 Å². The van der Waals surface area contributed by atoms with Gasteiger partial charge in [-0.25, -0.2) is 4.98 Å². The molecule has 0 aliphatic carbocycles. The van der Waals surface area contributed by atoms with Gasteiger partial charge in [0, 0.05) is 23.9 Å². The number of amides is 3. The van der Waals surface area contributed by atoms with Crippen LogP contribution in [0.25, 0.3) is 0 Å². The first-order valence-corrected chi connectivity index (χ1v) is 6.40. The molecule has 2 N–H and O–H groups in total. The number of hydrogen-bond acceptors (Lipinski definition) is 6. The highest BCUT2D eigenvalue weighted by atomic mass is 32.1. The van der Waals surface area contributed by atoms with E-state index in [2.05, 4.69) is 20.0 Å². The Hall–Kier alpha value is -1.83. The summed E-state index contributed by atoms with van der Waals surface area (Å²) in [4.78, 5) is 37.7. The Labute approximate surface area is 115 Å². The van der Waals surface area contributed by atoms with Gasteiger partial charge in [0.15, 0.2) is 5.82 Å². The maximum atomic E-state index is 11.7. The number of carbonyl (C=O) groups excluding carboxylic acids is 3. The molecule has 0 aliphatic heterocycles. The zero-order valence-electron chi connectivity index (χ0n) is 11.2. The molecule has 7 nitrogen and oxygen atoms in total. The highest BCUT2D eigenvalue weighted by molar-refractivity contribution is 7.09. The number of anilines is 1. The molecule has 0 saturated carbocycles. The molecule has 0 radical (unpaired) electrons. The van der Waals surface area contributed by atoms with Gasteiger partial charge in [0.2, 0.25) is 22.9 Å². The normalized spacial score (nSPS) is 10.9. The predicted molar refractivity (Wildman–Crippen MR) is 70.5 cm³/mol. The van der Waals surface area contributed by atoms with Gasteiger partial charge in [-0.1, -0.05) is 20.8 Å². The molecule has 104 valence electrons. The van der Waals surface area contributed by atoms with E-state index in [4.69, 9.17) is 0 Å². The fraction of sp³-hybridized carbons (Fsp3) is 0.545. The van der Waals surface area contributed by atoms with Crippen LogP contribution in [0.1, 0.15) is 33.5 Å². The van der Waals surface area contributed by atoms with Crippen molar-refractivity contribution in [1.82, 2.24) is 14.7 Å². The fourth-order valence-corrected chi connectivity index (χ4v) is 1.63. The Kier molecular flexibility index (Phi) is 4.71. The molecule has 0 spiro atoms. The van der Waals surface area contributed by atoms with E-state index in [1.807, 2.05) is 0 Å². The topological polar surface area (TPSA) is 101 Å². The number of imide groups is 1. The third-order valence-corrected chi connectivity index (χ3v) is 2.67. The predicted octanol–water partition coefficient (Wildman–Crippen LogP) is 0.728. The van der Waals surface area contributed by atoms with Crippen LogP contribution in [0.5, 0.6) is 0 Å². The molecule has 0 bridgehead atoms. The lowest BCUT2D eigenvalue weighted by molar-refractivity contribution is -0.129. The summed E-state index contributed by atoms with van der Waals surface area (Å²) in [6, 6.07) is 0. The second-order valence-electron chi connectivity index (χ2n) is 5.00. The van der Waals surface area contributed by atoms with Gasteiger partial charge in [0.1, 0.15) is 0 Å². The highest BCUT2D eigenvalue weighted by Crippen LogP contribution is 2.18. The van der Waals surface area contributed by atoms with Crippen molar-refractivity contribution in [2.75, 3.05) is 5.32 Å². The van der Waals surface area contributed by atoms with Crippen molar-refractivity contribution in [3.05, 3.63) is 5.82 Å². The molecular formula is C11H16N4O3S. The Morgan fingerprint density at radius 1 is 1.26 bits per heavy atom. The lowest BCUT2D eigenvalue weighted by Crippen LogP contribution is -2.29. The zero-order valence-corrected chi connectivity index (χ0v) is 12.1. The van der Waals surface area contributed by atoms with Crippen LogP contribution in [0.4, 0.5) is 5.13 Å². The quantitative estimate of drug-likeness (QED) is 0.852. The zero-order chi connectivity index (χ0) is 14.6. The van der Waals surface area contributed by atoms with Crippen LogP contribution in [0.2, 0.25) is 0 Å². The number of nitrogens with one attached hydrogen (secondary N) is 2. The minimum atomic E-state index is -0.530. The van der Waals surface area contributed by atoms with Crippen molar-refractivity contribution in [2.24, 2.45) is 5.41 Å². The van der Waals surface area contributed by atoms with Crippen LogP contribution in [0, 0.1) is 5.41 Å². The smallest absolute Gasteiger partial charge is 0.234 e. The standard InChI is InChI=1S/C11H16N4O3S/c1-6(16)12-8(17)5-7-13-10(19-15-7)14-9(18)11(2,3)4/h5H2,1-4H3,(H,12,16,17)(H,13,14,15,18). The van der Waals surface area contributed by atoms with E-state index in [9.17, 15) is 14.4 Å². The summed E-state index contributed by atoms with van der Waals surface area (Å²) in [7, 11) is 0. The average Bonchev–Trinajstić information content (AvgIpc) is 2.62. The molecule has 0 saturated heterocycles. The molecule has 0 aliphatic rings. The van der Waals surface area contributed by atoms with Gasteiger partial charge < -0.3 is 5.32 Å². The van der Waals surface area contributed by atoms with Gasteiger partial charge in [0.05, 0.1) is 6.42 Å². The van der Waals surface area contributed by atoms with Gasteiger partial charge in [-0.2, -0.15) is 4.37 Å². The van der Waals surface area contributed by atoms with Crippen molar-refractivity contribution in [1.29, 1.82) is 0 Å². The lowest BCUT2D eigenvalue weighted by atomic mass is 9.96. The van der Waals surface area contributed by atoms with Crippen LogP contribution in [0.15, 0.2) is 0 Å². The van der Waals surface area contributed by atoms with Crippen molar-refractivity contribution < 1.29 is 14.4 Å². The monoisotopic (exact) mass is 284 g/mol. The van der Waals surface area contributed by atoms with Crippen LogP contribution >= 0.6 is 11.5 Å². The molecule has 0 aromatic carbocycles. The SMILES string of the molecule is CC(=O)NC(=O)Cc1nsc(NC(=O)C(C)(C)C)n1. The first kappa shape index (κ1) is 15.2. The lowest BCUT2D eigenvalue weighted by Gasteiger charge is -2.15. The van der Waals surface area contributed by atoms with Gasteiger partial charge in [-0.15, -0.1) is 0 Å². The van der Waals surface area contributed by atoms with Gasteiger partial charge in [-0.05, 0) is 0 Å². The second-order valence-corrected chi connectivity index (χ2v) is 5.75. The first-order valence-electron chi connectivity index (χ1n) is 5.63. The molecule has 0 unspecified atom stereocenters. The highest BCUT2D eigenvalue weighted by Gasteiger charge is 2.22. The summed E-state index contributed by atoms with van der Waals surface area (Å²) in [5.41, 5.74) is -0.530. The number of hydrogen-bond donors (Lipinski definition) is 2. The van der Waals surface area contributed by atoms with Crippen molar-refractivity contribution in [3.8, 4) is 0 Å². The number of carbonyl (C=O) groups is 3. The molecule has 3 amide bonds. The molecule has 8 heteroatoms. The molecule has 0 fully saturated rings. The number of nitrogens with zero attached hydrogens (tertiary/aromatic N) is 2. The largest absolute Gasteiger partial charge is 0.300 e. The molecular weight excluding hydrogens is 268 g/mol. The molecule has 1 aromatic heterocycles. The Morgan fingerprint density at radius 2 is 1.89 bits per heavy atom. The van der Waals surface area contributed by atoms with Gasteiger partial charge >= 0.3 is 0 Å². The van der Waals surface area contributed by atoms with Crippen molar-refractivity contribution in [3.63, 3.8) is 0 Å². The van der Waals surface area contributed by atoms with E-state index in [-0.39, 0.29) is 18.2 Å². The minimum absolute atomic E-state index is 0.0958. The molecule has 0 atom stereocenters. The molecule has 1 rings (SSSR count). The van der Waals surface area contributed by atoms with E-state index < -0.39 is 17.2 Å². The average molecular weight is 284 g/mol. The van der Waals surface area contributed by atoms with Gasteiger partial charge in [0.25, 0.3) is 0 Å². The molecule has 19 heavy (non-hydrogen) atoms. The first-order chi connectivity index (χ1) is 8.68. The second kappa shape index (κ2) is 5.87. The maximum absolute atomic E-state index is 11.7. The third kappa shape index (κ3) is 5.12. The van der Waals surface area contributed by atoms with E-state index >= 15 is 0 Å². The van der Waals surface area contributed by atoms with Crippen molar-refractivity contribution >= 4 is 34.4 Å². The summed E-state index contributed by atoms with van der Waals surface area (Å²) >= 11 is 0.997. The Morgan fingerprint density at radius 3 is 2.42 bits per heavy atom. The summed E-state index contributed by atoms with van der Waals surface area (Å²) in [6.07, 6.45) is -0.0958. The molecule has 1 heterocycles. The van der Waals surface area contributed by atoms with Crippen LogP contribution in [0.3, 0.4) is 0 Å². The van der Waals surface area contributed by atoms with Crippen LogP contribution in [-0.2, 0) is 20.8 Å². The van der Waals surface area contributed by atoms with Crippen molar-refractivity contribution in [2.45, 2.75) is 34.1 Å². The van der Waals surface area contributed by atoms with E-state index in [1.165, 1.54) is 6.92 Å². The summed E-state index contributed by atoms with van der Waals surface area (Å²) in [5, 5.41) is 5.09. The number of rotatable bonds is 3. The Balaban J connectivity index is 2.60. The van der Waals surface area contributed by atoms with E-state index in [0.29, 0.717) is 5.13 Å². The van der Waals surface area contributed by atoms with Crippen LogP contribution < -0.4 is 10.6 Å². The van der Waals surface area contributed by atoms with Gasteiger partial charge in [-0.3, -0.25) is 19.7 Å². The third-order valence-electron chi connectivity index (χ3n) is 2.00.